The van der Waals surface area contributed by atoms with Gasteiger partial charge in [0.25, 0.3) is 0 Å². The van der Waals surface area contributed by atoms with Crippen molar-refractivity contribution >= 4 is 94.8 Å². The number of fused-ring (bicyclic) bond motifs is 11. The highest BCUT2D eigenvalue weighted by Gasteiger charge is 2.54. The molecule has 17 rings (SSSR count). The summed E-state index contributed by atoms with van der Waals surface area (Å²) in [6, 6.07) is 99.6. The third-order valence-electron chi connectivity index (χ3n) is 20.7. The monoisotopic (exact) mass is 1160 g/mol. The molecule has 89 heavy (non-hydrogen) atoms. The molecule has 0 N–H and O–H groups in total. The lowest BCUT2D eigenvalue weighted by Gasteiger charge is -2.52. The van der Waals surface area contributed by atoms with Crippen molar-refractivity contribution in [3.05, 3.63) is 311 Å². The molecule has 3 nitrogen and oxygen atoms in total. The molecule has 0 radical (unpaired) electrons. The number of aryl methyl sites for hydroxylation is 3. The predicted molar refractivity (Wildman–Crippen MR) is 380 cm³/mol. The summed E-state index contributed by atoms with van der Waals surface area (Å²) >= 11 is 1.92. The fraction of sp³-hybridized carbons (Fsp3) is 0.143. The second-order valence-electron chi connectivity index (χ2n) is 26.7. The van der Waals surface area contributed by atoms with E-state index >= 15 is 0 Å². The first-order valence-electron chi connectivity index (χ1n) is 31.7. The maximum absolute atomic E-state index is 2.85. The van der Waals surface area contributed by atoms with E-state index in [0.29, 0.717) is 0 Å². The van der Waals surface area contributed by atoms with Gasteiger partial charge in [0.2, 0.25) is 0 Å². The van der Waals surface area contributed by atoms with E-state index in [1.807, 2.05) is 11.3 Å². The lowest BCUT2D eigenvalue weighted by Crippen LogP contribution is -2.63. The number of nitrogens with zero attached hydrogens (tertiary/aromatic N) is 3. The Balaban J connectivity index is 1.03. The van der Waals surface area contributed by atoms with Crippen molar-refractivity contribution in [2.24, 2.45) is 0 Å². The summed E-state index contributed by atoms with van der Waals surface area (Å²) in [5.74, 6) is 0. The Morgan fingerprint density at radius 2 is 0.966 bits per heavy atom. The molecule has 0 unspecified atom stereocenters. The average molecular weight is 1160 g/mol. The Morgan fingerprint density at radius 1 is 0.404 bits per heavy atom. The third-order valence-corrected chi connectivity index (χ3v) is 21.8. The van der Waals surface area contributed by atoms with Gasteiger partial charge in [0.1, 0.15) is 0 Å². The average Bonchev–Trinajstić information content (AvgIpc) is 1.81. The molecule has 13 aromatic rings. The van der Waals surface area contributed by atoms with E-state index in [0.717, 1.165) is 29.9 Å². The van der Waals surface area contributed by atoms with E-state index in [1.165, 1.54) is 143 Å². The summed E-state index contributed by atoms with van der Waals surface area (Å²) < 4.78 is 2.60. The van der Waals surface area contributed by atoms with Crippen LogP contribution < -0.4 is 25.5 Å². The number of hydrogen-bond donors (Lipinski definition) is 0. The van der Waals surface area contributed by atoms with Crippen molar-refractivity contribution in [1.29, 1.82) is 0 Å². The van der Waals surface area contributed by atoms with Crippen LogP contribution in [-0.4, -0.2) is 6.85 Å². The molecule has 4 heterocycles. The molecule has 0 atom stereocenters. The highest BCUT2D eigenvalue weighted by Crippen LogP contribution is 2.61. The van der Waals surface area contributed by atoms with Crippen molar-refractivity contribution in [1.82, 2.24) is 0 Å². The zero-order chi connectivity index (χ0) is 60.1. The van der Waals surface area contributed by atoms with Gasteiger partial charge in [0.15, 0.2) is 0 Å². The molecule has 0 spiro atoms. The summed E-state index contributed by atoms with van der Waals surface area (Å²) in [5.41, 5.74) is 30.5. The maximum atomic E-state index is 2.85. The van der Waals surface area contributed by atoms with Gasteiger partial charge in [0, 0.05) is 65.5 Å². The Kier molecular flexibility index (Phi) is 12.0. The summed E-state index contributed by atoms with van der Waals surface area (Å²) in [4.78, 5) is 8.13. The fourth-order valence-electron chi connectivity index (χ4n) is 16.3. The molecule has 1 aromatic heterocycles. The van der Waals surface area contributed by atoms with E-state index in [-0.39, 0.29) is 17.7 Å². The predicted octanol–water partition coefficient (Wildman–Crippen LogP) is 21.5. The Bertz CT molecular complexity index is 4900. The Hall–Kier alpha value is -9.68. The normalized spacial score (nSPS) is 15.2. The Morgan fingerprint density at radius 3 is 1.60 bits per heavy atom. The molecule has 0 bridgehead atoms. The maximum Gasteiger partial charge on any atom is 0.333 e. The smallest absolute Gasteiger partial charge is 0.333 e. The van der Waals surface area contributed by atoms with Crippen LogP contribution in [0.2, 0.25) is 0 Å². The van der Waals surface area contributed by atoms with Crippen LogP contribution in [0, 0.1) is 20.8 Å². The highest BCUT2D eigenvalue weighted by molar-refractivity contribution is 7.26. The summed E-state index contributed by atoms with van der Waals surface area (Å²) in [5, 5.41) is 2.61. The van der Waals surface area contributed by atoms with Gasteiger partial charge in [-0.3, -0.25) is 0 Å². The number of hydrogen-bond acceptors (Lipinski definition) is 4. The molecular formula is C84H68BN3S. The number of para-hydroxylation sites is 2. The van der Waals surface area contributed by atoms with Gasteiger partial charge in [0.05, 0.1) is 11.1 Å². The first-order valence-corrected chi connectivity index (χ1v) is 32.5. The number of rotatable bonds is 8. The molecule has 3 aliphatic heterocycles. The highest BCUT2D eigenvalue weighted by atomic mass is 32.1. The second-order valence-corrected chi connectivity index (χ2v) is 27.8. The van der Waals surface area contributed by atoms with Gasteiger partial charge in [-0.1, -0.05) is 228 Å². The minimum absolute atomic E-state index is 0.0206. The van der Waals surface area contributed by atoms with Crippen molar-refractivity contribution < 1.29 is 0 Å². The van der Waals surface area contributed by atoms with Gasteiger partial charge >= 0.3 is 6.85 Å². The number of anilines is 8. The van der Waals surface area contributed by atoms with E-state index in [4.69, 9.17) is 0 Å². The molecule has 1 aliphatic carbocycles. The quantitative estimate of drug-likeness (QED) is 0.140. The minimum atomic E-state index is -0.675. The van der Waals surface area contributed by atoms with Crippen LogP contribution in [-0.2, 0) is 16.2 Å². The molecule has 0 fully saturated rings. The number of benzene rings is 12. The van der Waals surface area contributed by atoms with Crippen LogP contribution >= 0.6 is 11.3 Å². The van der Waals surface area contributed by atoms with E-state index in [1.54, 1.807) is 0 Å². The zero-order valence-electron chi connectivity index (χ0n) is 51.6. The van der Waals surface area contributed by atoms with Gasteiger partial charge in [-0.2, -0.15) is 0 Å². The van der Waals surface area contributed by atoms with Crippen LogP contribution in [0.5, 0.6) is 0 Å². The van der Waals surface area contributed by atoms with Crippen molar-refractivity contribution in [2.75, 3.05) is 14.6 Å². The fourth-order valence-corrected chi connectivity index (χ4v) is 17.4. The molecule has 12 aromatic carbocycles. The van der Waals surface area contributed by atoms with Crippen molar-refractivity contribution in [3.63, 3.8) is 0 Å². The van der Waals surface area contributed by atoms with Crippen molar-refractivity contribution in [3.8, 4) is 33.4 Å². The second kappa shape index (κ2) is 19.9. The van der Waals surface area contributed by atoms with Crippen molar-refractivity contribution in [2.45, 2.75) is 77.6 Å². The van der Waals surface area contributed by atoms with Crippen LogP contribution in [0.1, 0.15) is 90.6 Å². The van der Waals surface area contributed by atoms with Gasteiger partial charge < -0.3 is 14.6 Å². The van der Waals surface area contributed by atoms with E-state index < -0.39 is 5.41 Å². The third kappa shape index (κ3) is 7.90. The standard InChI is InChI=1S/C84H68BN3S/c1-53-47-58(56-25-12-8-13-26-56)39-42-71(53)86(72-43-40-59(48-54(72)2)57-27-14-9-15-28-57)62-50-65-63-41-44-77-78(64-33-20-23-38-76(64)89-77)80(63)88(74-52-69-68(49-55(74)3)82(4,5)45-46-83(69,6)7)85-70-36-24-35-67-81(70)87(75(51-62)79(65)85)73-37-22-21-34-66(73)84(67,60-29-16-10-17-30-60)61-31-18-11-19-32-61/h8-44,47-52H,45-46H2,1-7H3. The summed E-state index contributed by atoms with van der Waals surface area (Å²) in [6.45, 7) is 16.7. The zero-order valence-corrected chi connectivity index (χ0v) is 52.4. The Labute approximate surface area is 527 Å². The van der Waals surface area contributed by atoms with Gasteiger partial charge in [-0.25, -0.2) is 0 Å². The molecule has 0 amide bonds. The lowest BCUT2D eigenvalue weighted by atomic mass is 9.42. The molecule has 5 heteroatoms. The summed E-state index contributed by atoms with van der Waals surface area (Å²) in [6.07, 6.45) is 2.29. The SMILES string of the molecule is Cc1cc2c(cc1N1B3c4cccc5c4N(c4ccccc4C5(c4ccccc4)c4ccccc4)c4cc(N(c5ccc(-c6ccccc6)cc5C)c5ccc(-c6ccccc6)cc5C)cc(c43)-c3ccc4sc5ccccc5c4c31)C(C)(C)CCC2(C)C. The molecule has 0 saturated heterocycles. The van der Waals surface area contributed by atoms with Crippen LogP contribution in [0.3, 0.4) is 0 Å². The molecule has 428 valence electrons. The van der Waals surface area contributed by atoms with Crippen LogP contribution in [0.15, 0.2) is 261 Å². The number of thiophene rings is 1. The van der Waals surface area contributed by atoms with Crippen LogP contribution in [0.25, 0.3) is 53.6 Å². The lowest BCUT2D eigenvalue weighted by molar-refractivity contribution is 0.332. The first kappa shape index (κ1) is 53.6. The van der Waals surface area contributed by atoms with Gasteiger partial charge in [-0.15, -0.1) is 11.3 Å². The first-order chi connectivity index (χ1) is 43.4. The van der Waals surface area contributed by atoms with E-state index in [2.05, 4.69) is 324 Å². The minimum Gasteiger partial charge on any atom is -0.376 e. The largest absolute Gasteiger partial charge is 0.376 e. The van der Waals surface area contributed by atoms with Gasteiger partial charge in [-0.05, 0) is 194 Å². The van der Waals surface area contributed by atoms with E-state index in [9.17, 15) is 0 Å². The molecule has 0 saturated carbocycles. The summed E-state index contributed by atoms with van der Waals surface area (Å²) in [7, 11) is 0. The molecular weight excluding hydrogens is 1090 g/mol. The topological polar surface area (TPSA) is 9.72 Å². The van der Waals surface area contributed by atoms with Crippen LogP contribution in [0.4, 0.5) is 45.5 Å². The molecule has 4 aliphatic rings.